The van der Waals surface area contributed by atoms with Crippen LogP contribution in [-0.2, 0) is 9.59 Å². The number of rotatable bonds is 4. The highest BCUT2D eigenvalue weighted by Crippen LogP contribution is 2.14. The molecule has 118 valence electrons. The number of benzene rings is 2. The standard InChI is InChI=1S/C16H14BrN3O3/c1-23-14-4-2-3-11(9-14)10-18-20-16(22)15(21)19-13-7-5-12(17)6-8-13/h2-10H,1H3,(H,19,21)(H,20,22)/b18-10-. The molecule has 7 heteroatoms. The van der Waals surface area contributed by atoms with E-state index in [-0.39, 0.29) is 0 Å². The lowest BCUT2D eigenvalue weighted by atomic mass is 10.2. The maximum atomic E-state index is 11.7. The largest absolute Gasteiger partial charge is 0.497 e. The van der Waals surface area contributed by atoms with Crippen molar-refractivity contribution < 1.29 is 14.3 Å². The van der Waals surface area contributed by atoms with E-state index in [9.17, 15) is 9.59 Å². The van der Waals surface area contributed by atoms with E-state index in [4.69, 9.17) is 4.74 Å². The van der Waals surface area contributed by atoms with Gasteiger partial charge in [-0.15, -0.1) is 0 Å². The van der Waals surface area contributed by atoms with Gasteiger partial charge in [-0.25, -0.2) is 5.43 Å². The summed E-state index contributed by atoms with van der Waals surface area (Å²) >= 11 is 3.29. The first kappa shape index (κ1) is 16.7. The van der Waals surface area contributed by atoms with Crippen LogP contribution in [0.3, 0.4) is 0 Å². The van der Waals surface area contributed by atoms with Crippen LogP contribution >= 0.6 is 15.9 Å². The summed E-state index contributed by atoms with van der Waals surface area (Å²) in [6.45, 7) is 0. The number of halogens is 1. The van der Waals surface area contributed by atoms with E-state index in [0.717, 1.165) is 10.0 Å². The summed E-state index contributed by atoms with van der Waals surface area (Å²) in [5.41, 5.74) is 3.42. The van der Waals surface area contributed by atoms with Crippen molar-refractivity contribution in [3.8, 4) is 5.75 Å². The first-order valence-corrected chi connectivity index (χ1v) is 7.42. The molecule has 2 aromatic rings. The molecule has 6 nitrogen and oxygen atoms in total. The van der Waals surface area contributed by atoms with E-state index < -0.39 is 11.8 Å². The number of nitrogens with one attached hydrogen (secondary N) is 2. The molecule has 0 aliphatic rings. The van der Waals surface area contributed by atoms with Gasteiger partial charge in [-0.1, -0.05) is 28.1 Å². The van der Waals surface area contributed by atoms with Crippen LogP contribution in [0.25, 0.3) is 0 Å². The summed E-state index contributed by atoms with van der Waals surface area (Å²) in [6.07, 6.45) is 1.42. The fourth-order valence-corrected chi connectivity index (χ4v) is 1.92. The molecule has 2 aromatic carbocycles. The maximum absolute atomic E-state index is 11.7. The van der Waals surface area contributed by atoms with Crippen molar-refractivity contribution >= 4 is 39.6 Å². The van der Waals surface area contributed by atoms with E-state index in [1.54, 1.807) is 55.6 Å². The number of hydrogen-bond acceptors (Lipinski definition) is 4. The van der Waals surface area contributed by atoms with Crippen molar-refractivity contribution in [2.45, 2.75) is 0 Å². The molecule has 0 fully saturated rings. The minimum absolute atomic E-state index is 0.519. The Morgan fingerprint density at radius 3 is 2.57 bits per heavy atom. The summed E-state index contributed by atoms with van der Waals surface area (Å²) in [7, 11) is 1.56. The normalized spacial score (nSPS) is 10.3. The predicted molar refractivity (Wildman–Crippen MR) is 91.5 cm³/mol. The Morgan fingerprint density at radius 2 is 1.87 bits per heavy atom. The van der Waals surface area contributed by atoms with Gasteiger partial charge in [0.1, 0.15) is 5.75 Å². The van der Waals surface area contributed by atoms with Crippen molar-refractivity contribution in [2.75, 3.05) is 12.4 Å². The quantitative estimate of drug-likeness (QED) is 0.489. The van der Waals surface area contributed by atoms with Crippen LogP contribution in [-0.4, -0.2) is 25.1 Å². The van der Waals surface area contributed by atoms with Crippen molar-refractivity contribution in [3.05, 3.63) is 58.6 Å². The van der Waals surface area contributed by atoms with Gasteiger partial charge in [0.05, 0.1) is 13.3 Å². The van der Waals surface area contributed by atoms with Crippen LogP contribution in [0.15, 0.2) is 58.1 Å². The summed E-state index contributed by atoms with van der Waals surface area (Å²) < 4.78 is 5.96. The molecule has 0 atom stereocenters. The number of amides is 2. The highest BCUT2D eigenvalue weighted by atomic mass is 79.9. The highest BCUT2D eigenvalue weighted by molar-refractivity contribution is 9.10. The second-order valence-electron chi connectivity index (χ2n) is 4.44. The van der Waals surface area contributed by atoms with Crippen LogP contribution < -0.4 is 15.5 Å². The average molecular weight is 376 g/mol. The molecule has 2 N–H and O–H groups in total. The Bertz CT molecular complexity index is 730. The molecule has 0 heterocycles. The minimum atomic E-state index is -0.855. The Hall–Kier alpha value is -2.67. The second kappa shape index (κ2) is 8.09. The van der Waals surface area contributed by atoms with E-state index in [0.29, 0.717) is 11.4 Å². The molecule has 0 saturated heterocycles. The number of methoxy groups -OCH3 is 1. The number of hydrogen-bond donors (Lipinski definition) is 2. The molecule has 2 amide bonds. The van der Waals surface area contributed by atoms with E-state index in [1.807, 2.05) is 0 Å². The zero-order chi connectivity index (χ0) is 16.7. The third-order valence-electron chi connectivity index (χ3n) is 2.78. The Labute approximate surface area is 141 Å². The number of ether oxygens (including phenoxy) is 1. The number of hydrazone groups is 1. The highest BCUT2D eigenvalue weighted by Gasteiger charge is 2.12. The summed E-state index contributed by atoms with van der Waals surface area (Å²) in [5.74, 6) is -0.976. The molecular weight excluding hydrogens is 362 g/mol. The van der Waals surface area contributed by atoms with E-state index in [2.05, 4.69) is 31.8 Å². The van der Waals surface area contributed by atoms with Gasteiger partial charge < -0.3 is 10.1 Å². The van der Waals surface area contributed by atoms with Gasteiger partial charge in [-0.05, 0) is 42.0 Å². The molecule has 0 unspecified atom stereocenters. The molecule has 23 heavy (non-hydrogen) atoms. The van der Waals surface area contributed by atoms with Crippen LogP contribution in [0.5, 0.6) is 5.75 Å². The van der Waals surface area contributed by atoms with Gasteiger partial charge in [0.2, 0.25) is 0 Å². The van der Waals surface area contributed by atoms with Crippen LogP contribution in [0.1, 0.15) is 5.56 Å². The van der Waals surface area contributed by atoms with Gasteiger partial charge in [-0.3, -0.25) is 9.59 Å². The van der Waals surface area contributed by atoms with Crippen LogP contribution in [0.2, 0.25) is 0 Å². The molecule has 2 rings (SSSR count). The van der Waals surface area contributed by atoms with Gasteiger partial charge >= 0.3 is 11.8 Å². The average Bonchev–Trinajstić information content (AvgIpc) is 2.57. The molecule has 0 aliphatic carbocycles. The van der Waals surface area contributed by atoms with Gasteiger partial charge in [0.25, 0.3) is 0 Å². The second-order valence-corrected chi connectivity index (χ2v) is 5.35. The zero-order valence-electron chi connectivity index (χ0n) is 12.2. The lowest BCUT2D eigenvalue weighted by molar-refractivity contribution is -0.136. The fraction of sp³-hybridized carbons (Fsp3) is 0.0625. The first-order chi connectivity index (χ1) is 11.1. The minimum Gasteiger partial charge on any atom is -0.497 e. The number of nitrogens with zero attached hydrogens (tertiary/aromatic N) is 1. The molecule has 0 bridgehead atoms. The molecule has 0 saturated carbocycles. The monoisotopic (exact) mass is 375 g/mol. The lowest BCUT2D eigenvalue weighted by Gasteiger charge is -2.04. The third kappa shape index (κ3) is 5.23. The summed E-state index contributed by atoms with van der Waals surface area (Å²) in [6, 6.07) is 14.0. The molecule has 0 radical (unpaired) electrons. The number of carbonyl (C=O) groups excluding carboxylic acids is 2. The summed E-state index contributed by atoms with van der Waals surface area (Å²) in [4.78, 5) is 23.4. The van der Waals surface area contributed by atoms with Crippen LogP contribution in [0, 0.1) is 0 Å². The summed E-state index contributed by atoms with van der Waals surface area (Å²) in [5, 5.41) is 6.22. The Morgan fingerprint density at radius 1 is 1.13 bits per heavy atom. The fourth-order valence-electron chi connectivity index (χ4n) is 1.66. The van der Waals surface area contributed by atoms with Gasteiger partial charge in [0, 0.05) is 10.2 Å². The SMILES string of the molecule is COc1cccc(/C=N\NC(=O)C(=O)Nc2ccc(Br)cc2)c1. The number of carbonyl (C=O) groups is 2. The zero-order valence-corrected chi connectivity index (χ0v) is 13.8. The molecule has 0 aliphatic heterocycles. The van der Waals surface area contributed by atoms with Crippen molar-refractivity contribution in [1.29, 1.82) is 0 Å². The number of anilines is 1. The molecule has 0 spiro atoms. The maximum Gasteiger partial charge on any atom is 0.329 e. The van der Waals surface area contributed by atoms with Crippen molar-refractivity contribution in [1.82, 2.24) is 5.43 Å². The third-order valence-corrected chi connectivity index (χ3v) is 3.31. The van der Waals surface area contributed by atoms with Gasteiger partial charge in [-0.2, -0.15) is 5.10 Å². The first-order valence-electron chi connectivity index (χ1n) is 6.62. The van der Waals surface area contributed by atoms with Crippen molar-refractivity contribution in [2.24, 2.45) is 5.10 Å². The molecular formula is C16H14BrN3O3. The Kier molecular flexibility index (Phi) is 5.87. The topological polar surface area (TPSA) is 79.8 Å². The van der Waals surface area contributed by atoms with E-state index in [1.165, 1.54) is 6.21 Å². The van der Waals surface area contributed by atoms with Crippen LogP contribution in [0.4, 0.5) is 5.69 Å². The smallest absolute Gasteiger partial charge is 0.329 e. The van der Waals surface area contributed by atoms with Crippen molar-refractivity contribution in [3.63, 3.8) is 0 Å². The lowest BCUT2D eigenvalue weighted by Crippen LogP contribution is -2.32. The molecule has 0 aromatic heterocycles. The van der Waals surface area contributed by atoms with Gasteiger partial charge in [0.15, 0.2) is 0 Å². The predicted octanol–water partition coefficient (Wildman–Crippen LogP) is 2.55. The Balaban J connectivity index is 1.89. The van der Waals surface area contributed by atoms with E-state index >= 15 is 0 Å².